The number of rotatable bonds is 3. The van der Waals surface area contributed by atoms with Crippen molar-refractivity contribution in [2.75, 3.05) is 18.4 Å². The zero-order valence-corrected chi connectivity index (χ0v) is 13.6. The molecule has 1 aromatic rings. The van der Waals surface area contributed by atoms with Crippen molar-refractivity contribution in [3.8, 4) is 0 Å². The number of aliphatic hydroxyl groups excluding tert-OH is 1. The molecule has 0 saturated carbocycles. The van der Waals surface area contributed by atoms with Crippen molar-refractivity contribution in [3.05, 3.63) is 11.1 Å². The fourth-order valence-electron chi connectivity index (χ4n) is 2.15. The molecule has 0 atom stereocenters. The minimum atomic E-state index is -0.451. The Hall–Kier alpha value is -1.34. The number of carbonyl (C=O) groups excluding carboxylic acids is 1. The number of amides is 1. The SMILES string of the molecule is CC(C)(C)OC(=O)N1CCC(Nc2nc(CO)cs2)CC1. The van der Waals surface area contributed by atoms with Crippen LogP contribution in [0.5, 0.6) is 0 Å². The molecule has 2 N–H and O–H groups in total. The van der Waals surface area contributed by atoms with Gasteiger partial charge in [-0.3, -0.25) is 0 Å². The number of nitrogens with zero attached hydrogens (tertiary/aromatic N) is 2. The Bertz CT molecular complexity index is 476. The summed E-state index contributed by atoms with van der Waals surface area (Å²) >= 11 is 1.50. The molecule has 1 fully saturated rings. The third-order valence-electron chi connectivity index (χ3n) is 3.19. The lowest BCUT2D eigenvalue weighted by Gasteiger charge is -2.33. The van der Waals surface area contributed by atoms with Gasteiger partial charge < -0.3 is 20.1 Å². The van der Waals surface area contributed by atoms with Crippen LogP contribution in [0.15, 0.2) is 5.38 Å². The second-order valence-electron chi connectivity index (χ2n) is 6.19. The Morgan fingerprint density at radius 2 is 2.19 bits per heavy atom. The summed E-state index contributed by atoms with van der Waals surface area (Å²) in [6.45, 7) is 6.96. The normalized spacial score (nSPS) is 16.9. The molecule has 0 bridgehead atoms. The van der Waals surface area contributed by atoms with Gasteiger partial charge in [0.05, 0.1) is 12.3 Å². The average molecular weight is 313 g/mol. The lowest BCUT2D eigenvalue weighted by atomic mass is 10.1. The van der Waals surface area contributed by atoms with Crippen molar-refractivity contribution in [2.24, 2.45) is 0 Å². The van der Waals surface area contributed by atoms with E-state index in [2.05, 4.69) is 10.3 Å². The Kier molecular flexibility index (Phi) is 5.05. The molecule has 1 aliphatic rings. The van der Waals surface area contributed by atoms with Gasteiger partial charge in [0.15, 0.2) is 5.13 Å². The van der Waals surface area contributed by atoms with Crippen molar-refractivity contribution in [1.82, 2.24) is 9.88 Å². The molecule has 0 unspecified atom stereocenters. The first-order valence-electron chi connectivity index (χ1n) is 7.17. The maximum Gasteiger partial charge on any atom is 0.410 e. The highest BCUT2D eigenvalue weighted by molar-refractivity contribution is 7.13. The van der Waals surface area contributed by atoms with E-state index in [0.717, 1.165) is 18.0 Å². The first kappa shape index (κ1) is 16.0. The molecule has 1 amide bonds. The fraction of sp³-hybridized carbons (Fsp3) is 0.714. The molecule has 21 heavy (non-hydrogen) atoms. The van der Waals surface area contributed by atoms with Crippen molar-refractivity contribution < 1.29 is 14.6 Å². The Morgan fingerprint density at radius 3 is 2.71 bits per heavy atom. The number of ether oxygens (including phenoxy) is 1. The Morgan fingerprint density at radius 1 is 1.52 bits per heavy atom. The highest BCUT2D eigenvalue weighted by Crippen LogP contribution is 2.21. The summed E-state index contributed by atoms with van der Waals surface area (Å²) in [5.41, 5.74) is 0.238. The topological polar surface area (TPSA) is 74.7 Å². The van der Waals surface area contributed by atoms with Crippen LogP contribution < -0.4 is 5.32 Å². The van der Waals surface area contributed by atoms with Gasteiger partial charge >= 0.3 is 6.09 Å². The number of piperidine rings is 1. The summed E-state index contributed by atoms with van der Waals surface area (Å²) in [5, 5.41) is 15.0. The van der Waals surface area contributed by atoms with Crippen LogP contribution in [0.3, 0.4) is 0 Å². The molecule has 118 valence electrons. The number of anilines is 1. The highest BCUT2D eigenvalue weighted by Gasteiger charge is 2.27. The smallest absolute Gasteiger partial charge is 0.410 e. The predicted molar refractivity (Wildman–Crippen MR) is 82.5 cm³/mol. The zero-order valence-electron chi connectivity index (χ0n) is 12.8. The minimum Gasteiger partial charge on any atom is -0.444 e. The second kappa shape index (κ2) is 6.62. The molecule has 2 heterocycles. The number of hydrogen-bond donors (Lipinski definition) is 2. The summed E-state index contributed by atoms with van der Waals surface area (Å²) in [6.07, 6.45) is 1.50. The van der Waals surface area contributed by atoms with E-state index in [-0.39, 0.29) is 12.7 Å². The van der Waals surface area contributed by atoms with Gasteiger partial charge in [-0.25, -0.2) is 9.78 Å². The van der Waals surface area contributed by atoms with E-state index in [1.165, 1.54) is 11.3 Å². The van der Waals surface area contributed by atoms with E-state index in [4.69, 9.17) is 9.84 Å². The quantitative estimate of drug-likeness (QED) is 0.896. The van der Waals surface area contributed by atoms with Crippen LogP contribution in [-0.4, -0.2) is 45.8 Å². The van der Waals surface area contributed by atoms with Crippen LogP contribution >= 0.6 is 11.3 Å². The molecule has 2 rings (SSSR count). The highest BCUT2D eigenvalue weighted by atomic mass is 32.1. The molecule has 0 spiro atoms. The molecule has 0 aromatic carbocycles. The van der Waals surface area contributed by atoms with Gasteiger partial charge in [0.25, 0.3) is 0 Å². The summed E-state index contributed by atoms with van der Waals surface area (Å²) < 4.78 is 5.38. The molecule has 1 aromatic heterocycles. The van der Waals surface area contributed by atoms with Crippen molar-refractivity contribution in [3.63, 3.8) is 0 Å². The van der Waals surface area contributed by atoms with E-state index in [0.29, 0.717) is 24.8 Å². The number of aromatic nitrogens is 1. The molecule has 6 nitrogen and oxygen atoms in total. The van der Waals surface area contributed by atoms with Crippen LogP contribution in [0.1, 0.15) is 39.3 Å². The second-order valence-corrected chi connectivity index (χ2v) is 7.05. The first-order chi connectivity index (χ1) is 9.87. The predicted octanol–water partition coefficient (Wildman–Crippen LogP) is 2.45. The van der Waals surface area contributed by atoms with Crippen molar-refractivity contribution in [2.45, 2.75) is 51.9 Å². The van der Waals surface area contributed by atoms with E-state index in [9.17, 15) is 4.79 Å². The van der Waals surface area contributed by atoms with E-state index in [1.807, 2.05) is 26.2 Å². The van der Waals surface area contributed by atoms with Gasteiger partial charge in [0.2, 0.25) is 0 Å². The summed E-state index contributed by atoms with van der Waals surface area (Å²) in [7, 11) is 0. The number of thiazole rings is 1. The van der Waals surface area contributed by atoms with Crippen LogP contribution in [-0.2, 0) is 11.3 Å². The third kappa shape index (κ3) is 4.86. The first-order valence-corrected chi connectivity index (χ1v) is 8.05. The summed E-state index contributed by atoms with van der Waals surface area (Å²) in [4.78, 5) is 18.0. The standard InChI is InChI=1S/C14H23N3O3S/c1-14(2,3)20-13(19)17-6-4-10(5-7-17)15-12-16-11(8-18)9-21-12/h9-10,18H,4-8H2,1-3H3,(H,15,16). The number of nitrogens with one attached hydrogen (secondary N) is 1. The lowest BCUT2D eigenvalue weighted by molar-refractivity contribution is 0.0210. The lowest BCUT2D eigenvalue weighted by Crippen LogP contribution is -2.44. The van der Waals surface area contributed by atoms with Gasteiger partial charge in [-0.05, 0) is 33.6 Å². The van der Waals surface area contributed by atoms with Gasteiger partial charge in [0, 0.05) is 24.5 Å². The van der Waals surface area contributed by atoms with Gasteiger partial charge in [-0.15, -0.1) is 11.3 Å². The van der Waals surface area contributed by atoms with Crippen LogP contribution in [0.25, 0.3) is 0 Å². The molecule has 1 aliphatic heterocycles. The van der Waals surface area contributed by atoms with Crippen molar-refractivity contribution >= 4 is 22.6 Å². The van der Waals surface area contributed by atoms with E-state index < -0.39 is 5.60 Å². The molecular formula is C14H23N3O3S. The van der Waals surface area contributed by atoms with Gasteiger partial charge in [0.1, 0.15) is 5.60 Å². The van der Waals surface area contributed by atoms with E-state index >= 15 is 0 Å². The fourth-order valence-corrected chi connectivity index (χ4v) is 2.93. The summed E-state index contributed by atoms with van der Waals surface area (Å²) in [5.74, 6) is 0. The van der Waals surface area contributed by atoms with Crippen LogP contribution in [0.4, 0.5) is 9.93 Å². The van der Waals surface area contributed by atoms with E-state index in [1.54, 1.807) is 4.90 Å². The Balaban J connectivity index is 1.79. The largest absolute Gasteiger partial charge is 0.444 e. The Labute approximate surface area is 129 Å². The summed E-state index contributed by atoms with van der Waals surface area (Å²) in [6, 6.07) is 0.307. The number of hydrogen-bond acceptors (Lipinski definition) is 6. The van der Waals surface area contributed by atoms with Crippen molar-refractivity contribution in [1.29, 1.82) is 0 Å². The monoisotopic (exact) mass is 313 g/mol. The van der Waals surface area contributed by atoms with Gasteiger partial charge in [-0.1, -0.05) is 0 Å². The molecular weight excluding hydrogens is 290 g/mol. The molecule has 0 aliphatic carbocycles. The number of aliphatic hydroxyl groups is 1. The maximum absolute atomic E-state index is 12.0. The molecule has 1 saturated heterocycles. The maximum atomic E-state index is 12.0. The molecule has 7 heteroatoms. The number of likely N-dealkylation sites (tertiary alicyclic amines) is 1. The van der Waals surface area contributed by atoms with Crippen LogP contribution in [0.2, 0.25) is 0 Å². The minimum absolute atomic E-state index is 0.0325. The number of carbonyl (C=O) groups is 1. The third-order valence-corrected chi connectivity index (χ3v) is 4.01. The molecule has 0 radical (unpaired) electrons. The zero-order chi connectivity index (χ0) is 15.5. The van der Waals surface area contributed by atoms with Crippen LogP contribution in [0, 0.1) is 0 Å². The van der Waals surface area contributed by atoms with Gasteiger partial charge in [-0.2, -0.15) is 0 Å². The average Bonchev–Trinajstić information content (AvgIpc) is 2.85.